The molecule has 2 N–H and O–H groups in total. The predicted molar refractivity (Wildman–Crippen MR) is 112 cm³/mol. The minimum absolute atomic E-state index is 0.0501. The summed E-state index contributed by atoms with van der Waals surface area (Å²) in [6, 6.07) is 8.15. The van der Waals surface area contributed by atoms with Gasteiger partial charge >= 0.3 is 0 Å². The zero-order chi connectivity index (χ0) is 20.4. The molecule has 156 valence electrons. The van der Waals surface area contributed by atoms with Crippen molar-refractivity contribution < 1.29 is 14.3 Å². The summed E-state index contributed by atoms with van der Waals surface area (Å²) in [6.07, 6.45) is 1.84. The molecule has 0 bridgehead atoms. The van der Waals surface area contributed by atoms with Gasteiger partial charge in [0.25, 0.3) is 0 Å². The smallest absolute Gasteiger partial charge is 0.225 e. The first kappa shape index (κ1) is 22.0. The average molecular weight is 391 g/mol. The molecule has 1 heterocycles. The molecule has 1 aromatic rings. The molecule has 2 rings (SSSR count). The van der Waals surface area contributed by atoms with Crippen molar-refractivity contribution in [3.8, 4) is 5.75 Å². The lowest BCUT2D eigenvalue weighted by atomic mass is 10.2. The number of likely N-dealkylation sites (tertiary alicyclic amines) is 1. The highest BCUT2D eigenvalue weighted by molar-refractivity contribution is 5.81. The molecule has 0 aromatic heterocycles. The van der Waals surface area contributed by atoms with Crippen LogP contribution in [-0.4, -0.2) is 63.2 Å². The van der Waals surface area contributed by atoms with E-state index in [0.717, 1.165) is 49.7 Å². The molecule has 1 saturated heterocycles. The van der Waals surface area contributed by atoms with E-state index >= 15 is 0 Å². The molecule has 7 heteroatoms. The molecule has 1 fully saturated rings. The maximum absolute atomic E-state index is 12.1. The third kappa shape index (κ3) is 7.03. The first-order valence-electron chi connectivity index (χ1n) is 10.00. The lowest BCUT2D eigenvalue weighted by Gasteiger charge is -2.20. The third-order valence-electron chi connectivity index (χ3n) is 4.74. The second kappa shape index (κ2) is 11.5. The maximum Gasteiger partial charge on any atom is 0.225 e. The fourth-order valence-electron chi connectivity index (χ4n) is 3.12. The van der Waals surface area contributed by atoms with Crippen molar-refractivity contribution in [2.45, 2.75) is 39.3 Å². The van der Waals surface area contributed by atoms with Gasteiger partial charge in [0.05, 0.1) is 13.7 Å². The number of carbonyl (C=O) groups is 1. The predicted octanol–water partition coefficient (Wildman–Crippen LogP) is 2.02. The molecule has 1 amide bonds. The Morgan fingerprint density at radius 1 is 1.32 bits per heavy atom. The normalized spacial score (nSPS) is 17.1. The topological polar surface area (TPSA) is 75.2 Å². The molecule has 1 aromatic carbocycles. The van der Waals surface area contributed by atoms with E-state index in [9.17, 15) is 4.79 Å². The molecule has 28 heavy (non-hydrogen) atoms. The maximum atomic E-state index is 12.1. The van der Waals surface area contributed by atoms with Gasteiger partial charge in [0.1, 0.15) is 5.75 Å². The van der Waals surface area contributed by atoms with Gasteiger partial charge < -0.3 is 25.0 Å². The first-order chi connectivity index (χ1) is 13.5. The van der Waals surface area contributed by atoms with Crippen molar-refractivity contribution in [2.75, 3.05) is 40.4 Å². The van der Waals surface area contributed by atoms with E-state index in [1.54, 1.807) is 14.2 Å². The van der Waals surface area contributed by atoms with Crippen molar-refractivity contribution in [2.24, 2.45) is 10.9 Å². The highest BCUT2D eigenvalue weighted by Gasteiger charge is 2.27. The summed E-state index contributed by atoms with van der Waals surface area (Å²) < 4.78 is 10.9. The number of rotatable bonds is 9. The number of hydrogen-bond acceptors (Lipinski definition) is 4. The van der Waals surface area contributed by atoms with Crippen molar-refractivity contribution >= 4 is 11.9 Å². The summed E-state index contributed by atoms with van der Waals surface area (Å²) in [5.41, 5.74) is 1.13. The van der Waals surface area contributed by atoms with Gasteiger partial charge in [-0.2, -0.15) is 0 Å². The van der Waals surface area contributed by atoms with Crippen LogP contribution in [0.5, 0.6) is 5.75 Å². The monoisotopic (exact) mass is 390 g/mol. The van der Waals surface area contributed by atoms with Crippen molar-refractivity contribution in [1.82, 2.24) is 15.5 Å². The van der Waals surface area contributed by atoms with E-state index in [1.807, 2.05) is 43.0 Å². The largest absolute Gasteiger partial charge is 0.497 e. The number of ether oxygens (including phenoxy) is 2. The van der Waals surface area contributed by atoms with Gasteiger partial charge in [0, 0.05) is 45.2 Å². The fourth-order valence-corrected chi connectivity index (χ4v) is 3.12. The average Bonchev–Trinajstić information content (AvgIpc) is 3.17. The van der Waals surface area contributed by atoms with E-state index in [0.29, 0.717) is 13.2 Å². The summed E-state index contributed by atoms with van der Waals surface area (Å²) in [5.74, 6) is 1.90. The molecule has 1 atom stereocenters. The molecule has 7 nitrogen and oxygen atoms in total. The van der Waals surface area contributed by atoms with Crippen LogP contribution in [0.25, 0.3) is 0 Å². The van der Waals surface area contributed by atoms with Crippen LogP contribution in [0.2, 0.25) is 0 Å². The van der Waals surface area contributed by atoms with Crippen LogP contribution >= 0.6 is 0 Å². The van der Waals surface area contributed by atoms with E-state index in [-0.39, 0.29) is 17.9 Å². The number of carbonyl (C=O) groups excluding carboxylic acids is 1. The summed E-state index contributed by atoms with van der Waals surface area (Å²) >= 11 is 0. The minimum atomic E-state index is 0.0501. The molecule has 1 unspecified atom stereocenters. The Labute approximate surface area is 168 Å². The quantitative estimate of drug-likeness (QED) is 0.383. The minimum Gasteiger partial charge on any atom is -0.497 e. The van der Waals surface area contributed by atoms with E-state index < -0.39 is 0 Å². The fraction of sp³-hybridized carbons (Fsp3) is 0.619. The Balaban J connectivity index is 1.59. The van der Waals surface area contributed by atoms with Crippen LogP contribution in [0.3, 0.4) is 0 Å². The van der Waals surface area contributed by atoms with Crippen LogP contribution < -0.4 is 15.4 Å². The Hall–Kier alpha value is -2.28. The van der Waals surface area contributed by atoms with Crippen LogP contribution in [0, 0.1) is 5.92 Å². The van der Waals surface area contributed by atoms with Gasteiger partial charge in [0.15, 0.2) is 5.96 Å². The SMILES string of the molecule is CN=C(NCCCOCc1ccc(OC)cc1)NC1CCN(C(=O)C(C)C)C1. The Morgan fingerprint density at radius 2 is 2.07 bits per heavy atom. The Bertz CT molecular complexity index is 631. The highest BCUT2D eigenvalue weighted by Crippen LogP contribution is 2.13. The Kier molecular flexibility index (Phi) is 9.07. The van der Waals surface area contributed by atoms with Gasteiger partial charge in [-0.25, -0.2) is 0 Å². The lowest BCUT2D eigenvalue weighted by Crippen LogP contribution is -2.45. The molecule has 0 aliphatic carbocycles. The van der Waals surface area contributed by atoms with Gasteiger partial charge in [0.2, 0.25) is 5.91 Å². The van der Waals surface area contributed by atoms with Gasteiger partial charge in [-0.3, -0.25) is 9.79 Å². The van der Waals surface area contributed by atoms with Crippen molar-refractivity contribution in [1.29, 1.82) is 0 Å². The third-order valence-corrected chi connectivity index (χ3v) is 4.74. The van der Waals surface area contributed by atoms with Crippen LogP contribution in [0.4, 0.5) is 0 Å². The summed E-state index contributed by atoms with van der Waals surface area (Å²) in [5, 5.41) is 6.73. The summed E-state index contributed by atoms with van der Waals surface area (Å²) in [7, 11) is 3.43. The molecule has 0 saturated carbocycles. The highest BCUT2D eigenvalue weighted by atomic mass is 16.5. The summed E-state index contributed by atoms with van der Waals surface area (Å²) in [6.45, 7) is 7.49. The molecule has 1 aliphatic rings. The number of nitrogens with one attached hydrogen (secondary N) is 2. The molecule has 0 radical (unpaired) electrons. The van der Waals surface area contributed by atoms with Crippen LogP contribution in [0.15, 0.2) is 29.3 Å². The number of benzene rings is 1. The number of amides is 1. The van der Waals surface area contributed by atoms with Gasteiger partial charge in [-0.1, -0.05) is 26.0 Å². The van der Waals surface area contributed by atoms with E-state index in [2.05, 4.69) is 15.6 Å². The number of nitrogens with zero attached hydrogens (tertiary/aromatic N) is 2. The van der Waals surface area contributed by atoms with Crippen LogP contribution in [0.1, 0.15) is 32.3 Å². The van der Waals surface area contributed by atoms with Gasteiger partial charge in [-0.15, -0.1) is 0 Å². The summed E-state index contributed by atoms with van der Waals surface area (Å²) in [4.78, 5) is 18.3. The van der Waals surface area contributed by atoms with Gasteiger partial charge in [-0.05, 0) is 30.5 Å². The lowest BCUT2D eigenvalue weighted by molar-refractivity contribution is -0.133. The molecular formula is C21H34N4O3. The molecular weight excluding hydrogens is 356 g/mol. The number of aliphatic imine (C=N–C) groups is 1. The molecule has 1 aliphatic heterocycles. The van der Waals surface area contributed by atoms with Crippen molar-refractivity contribution in [3.05, 3.63) is 29.8 Å². The standard InChI is InChI=1S/C21H34N4O3/c1-16(2)20(26)25-12-10-18(14-25)24-21(22-3)23-11-5-13-28-15-17-6-8-19(27-4)9-7-17/h6-9,16,18H,5,10-15H2,1-4H3,(H2,22,23,24). The second-order valence-electron chi connectivity index (χ2n) is 7.32. The molecule has 0 spiro atoms. The van der Waals surface area contributed by atoms with E-state index in [1.165, 1.54) is 0 Å². The zero-order valence-corrected chi connectivity index (χ0v) is 17.5. The van der Waals surface area contributed by atoms with Crippen molar-refractivity contribution in [3.63, 3.8) is 0 Å². The second-order valence-corrected chi connectivity index (χ2v) is 7.32. The Morgan fingerprint density at radius 3 is 2.71 bits per heavy atom. The van der Waals surface area contributed by atoms with Crippen LogP contribution in [-0.2, 0) is 16.1 Å². The first-order valence-corrected chi connectivity index (χ1v) is 10.00. The zero-order valence-electron chi connectivity index (χ0n) is 17.5. The van der Waals surface area contributed by atoms with E-state index in [4.69, 9.17) is 9.47 Å². The number of guanidine groups is 1. The number of hydrogen-bond donors (Lipinski definition) is 2. The number of methoxy groups -OCH3 is 1.